The number of anilines is 1. The van der Waals surface area contributed by atoms with Crippen LogP contribution < -0.4 is 10.6 Å². The second kappa shape index (κ2) is 4.65. The lowest BCUT2D eigenvalue weighted by molar-refractivity contribution is 0.763. The van der Waals surface area contributed by atoms with Crippen LogP contribution in [0.1, 0.15) is 19.3 Å². The molecule has 16 heavy (non-hydrogen) atoms. The van der Waals surface area contributed by atoms with Crippen LogP contribution in [0.3, 0.4) is 0 Å². The Labute approximate surface area is 99.1 Å². The average Bonchev–Trinajstić information content (AvgIpc) is 3.04. The first kappa shape index (κ1) is 11.1. The summed E-state index contributed by atoms with van der Waals surface area (Å²) in [5.74, 6) is 0.868. The summed E-state index contributed by atoms with van der Waals surface area (Å²) in [5.41, 5.74) is 5.36. The third-order valence-electron chi connectivity index (χ3n) is 2.47. The Morgan fingerprint density at radius 3 is 2.62 bits per heavy atom. The number of hydrogen-bond acceptors (Lipinski definition) is 4. The van der Waals surface area contributed by atoms with Crippen LogP contribution in [0.25, 0.3) is 0 Å². The Hall–Kier alpha value is -1.36. The summed E-state index contributed by atoms with van der Waals surface area (Å²) in [5, 5.41) is 7.77. The Balaban J connectivity index is 2.06. The summed E-state index contributed by atoms with van der Waals surface area (Å²) in [4.78, 5) is 10.5. The number of hydrogen-bond donors (Lipinski definition) is 2. The predicted molar refractivity (Wildman–Crippen MR) is 63.9 cm³/mol. The molecular weight excluding hydrogens is 226 g/mol. The van der Waals surface area contributed by atoms with Gasteiger partial charge in [-0.05, 0) is 12.8 Å². The van der Waals surface area contributed by atoms with Crippen molar-refractivity contribution in [3.8, 4) is 0 Å². The van der Waals surface area contributed by atoms with Gasteiger partial charge in [-0.2, -0.15) is 0 Å². The van der Waals surface area contributed by atoms with E-state index in [1.165, 1.54) is 0 Å². The summed E-state index contributed by atoms with van der Waals surface area (Å²) >= 11 is 5.74. The first-order valence-corrected chi connectivity index (χ1v) is 5.61. The third-order valence-corrected chi connectivity index (χ3v) is 2.67. The summed E-state index contributed by atoms with van der Waals surface area (Å²) in [7, 11) is 0. The van der Waals surface area contributed by atoms with Gasteiger partial charge < -0.3 is 10.6 Å². The molecule has 1 heterocycles. The highest BCUT2D eigenvalue weighted by molar-refractivity contribution is 6.30. The zero-order valence-corrected chi connectivity index (χ0v) is 9.61. The second-order valence-corrected chi connectivity index (χ2v) is 4.34. The van der Waals surface area contributed by atoms with Crippen LogP contribution in [0.4, 0.5) is 5.95 Å². The third kappa shape index (κ3) is 2.82. The Bertz CT molecular complexity index is 373. The first-order chi connectivity index (χ1) is 7.66. The number of rotatable bonds is 5. The normalized spacial score (nSPS) is 14.8. The van der Waals surface area contributed by atoms with E-state index in [-0.39, 0.29) is 5.84 Å². The van der Waals surface area contributed by atoms with E-state index in [4.69, 9.17) is 22.7 Å². The van der Waals surface area contributed by atoms with E-state index < -0.39 is 0 Å². The molecule has 1 fully saturated rings. The van der Waals surface area contributed by atoms with E-state index in [1.54, 1.807) is 12.4 Å². The van der Waals surface area contributed by atoms with E-state index in [0.717, 1.165) is 12.8 Å². The maximum atomic E-state index is 7.23. The van der Waals surface area contributed by atoms with Crippen LogP contribution >= 0.6 is 11.6 Å². The fourth-order valence-electron chi connectivity index (χ4n) is 1.53. The Kier molecular flexibility index (Phi) is 3.24. The van der Waals surface area contributed by atoms with Crippen LogP contribution in [0, 0.1) is 5.41 Å². The SMILES string of the molecule is N=C(N)CCN(c1ncc(Cl)cn1)C1CC1. The highest BCUT2D eigenvalue weighted by atomic mass is 35.5. The molecule has 0 saturated heterocycles. The molecule has 1 aromatic heterocycles. The van der Waals surface area contributed by atoms with E-state index in [2.05, 4.69) is 14.9 Å². The monoisotopic (exact) mass is 239 g/mol. The number of halogens is 1. The van der Waals surface area contributed by atoms with Gasteiger partial charge in [-0.3, -0.25) is 5.41 Å². The first-order valence-electron chi connectivity index (χ1n) is 5.24. The van der Waals surface area contributed by atoms with Gasteiger partial charge in [0.2, 0.25) is 5.95 Å². The zero-order chi connectivity index (χ0) is 11.5. The number of aromatic nitrogens is 2. The highest BCUT2D eigenvalue weighted by Crippen LogP contribution is 2.29. The van der Waals surface area contributed by atoms with Gasteiger partial charge >= 0.3 is 0 Å². The average molecular weight is 240 g/mol. The molecule has 5 nitrogen and oxygen atoms in total. The van der Waals surface area contributed by atoms with Crippen molar-refractivity contribution in [1.29, 1.82) is 5.41 Å². The number of nitrogens with two attached hydrogens (primary N) is 1. The van der Waals surface area contributed by atoms with Crippen LogP contribution in [-0.2, 0) is 0 Å². The minimum atomic E-state index is 0.194. The number of nitrogens with one attached hydrogen (secondary N) is 1. The molecule has 0 amide bonds. The molecule has 6 heteroatoms. The summed E-state index contributed by atoms with van der Waals surface area (Å²) in [6.07, 6.45) is 6.04. The van der Waals surface area contributed by atoms with E-state index in [0.29, 0.717) is 30.0 Å². The maximum absolute atomic E-state index is 7.23. The molecule has 0 aromatic carbocycles. The second-order valence-electron chi connectivity index (χ2n) is 3.90. The predicted octanol–water partition coefficient (Wildman–Crippen LogP) is 1.42. The van der Waals surface area contributed by atoms with Crippen LogP contribution in [0.15, 0.2) is 12.4 Å². The van der Waals surface area contributed by atoms with E-state index in [1.807, 2.05) is 0 Å². The lowest BCUT2D eigenvalue weighted by Gasteiger charge is -2.21. The molecule has 0 aliphatic heterocycles. The molecule has 0 bridgehead atoms. The molecule has 0 atom stereocenters. The van der Waals surface area contributed by atoms with Gasteiger partial charge in [-0.1, -0.05) is 11.6 Å². The van der Waals surface area contributed by atoms with Crippen molar-refractivity contribution in [2.45, 2.75) is 25.3 Å². The van der Waals surface area contributed by atoms with Gasteiger partial charge in [0.25, 0.3) is 0 Å². The maximum Gasteiger partial charge on any atom is 0.225 e. The van der Waals surface area contributed by atoms with Gasteiger partial charge in [0.15, 0.2) is 0 Å². The van der Waals surface area contributed by atoms with Crippen LogP contribution in [-0.4, -0.2) is 28.4 Å². The lowest BCUT2D eigenvalue weighted by atomic mass is 10.3. The standard InChI is InChI=1S/C10H14ClN5/c11-7-5-14-10(15-6-7)16(8-1-2-8)4-3-9(12)13/h5-6,8H,1-4H2,(H3,12,13). The van der Waals surface area contributed by atoms with Crippen LogP contribution in [0.2, 0.25) is 5.02 Å². The van der Waals surface area contributed by atoms with Gasteiger partial charge in [0.1, 0.15) is 0 Å². The summed E-state index contributed by atoms with van der Waals surface area (Å²) in [6, 6.07) is 0.500. The van der Waals surface area contributed by atoms with Crippen molar-refractivity contribution in [3.05, 3.63) is 17.4 Å². The molecule has 3 N–H and O–H groups in total. The minimum Gasteiger partial charge on any atom is -0.388 e. The van der Waals surface area contributed by atoms with Gasteiger partial charge in [-0.25, -0.2) is 9.97 Å². The molecule has 0 spiro atoms. The molecule has 86 valence electrons. The Morgan fingerprint density at radius 2 is 2.12 bits per heavy atom. The quantitative estimate of drug-likeness (QED) is 0.602. The van der Waals surface area contributed by atoms with Crippen molar-refractivity contribution >= 4 is 23.4 Å². The number of nitrogens with zero attached hydrogens (tertiary/aromatic N) is 3. The van der Waals surface area contributed by atoms with Gasteiger partial charge in [0, 0.05) is 19.0 Å². The molecule has 1 aliphatic carbocycles. The fourth-order valence-corrected chi connectivity index (χ4v) is 1.62. The topological polar surface area (TPSA) is 78.9 Å². The summed E-state index contributed by atoms with van der Waals surface area (Å²) < 4.78 is 0. The molecule has 0 unspecified atom stereocenters. The van der Waals surface area contributed by atoms with E-state index in [9.17, 15) is 0 Å². The smallest absolute Gasteiger partial charge is 0.225 e. The van der Waals surface area contributed by atoms with E-state index >= 15 is 0 Å². The molecule has 2 rings (SSSR count). The Morgan fingerprint density at radius 1 is 1.50 bits per heavy atom. The lowest BCUT2D eigenvalue weighted by Crippen LogP contribution is -2.31. The van der Waals surface area contributed by atoms with Crippen LogP contribution in [0.5, 0.6) is 0 Å². The van der Waals surface area contributed by atoms with Crippen molar-refractivity contribution in [1.82, 2.24) is 9.97 Å². The minimum absolute atomic E-state index is 0.194. The van der Waals surface area contributed by atoms with Gasteiger partial charge in [-0.15, -0.1) is 0 Å². The van der Waals surface area contributed by atoms with Crippen molar-refractivity contribution in [2.24, 2.45) is 5.73 Å². The van der Waals surface area contributed by atoms with Crippen molar-refractivity contribution < 1.29 is 0 Å². The largest absolute Gasteiger partial charge is 0.388 e. The van der Waals surface area contributed by atoms with Crippen molar-refractivity contribution in [2.75, 3.05) is 11.4 Å². The fraction of sp³-hybridized carbons (Fsp3) is 0.500. The highest BCUT2D eigenvalue weighted by Gasteiger charge is 2.30. The molecular formula is C10H14ClN5. The molecule has 0 radical (unpaired) electrons. The molecule has 1 aromatic rings. The summed E-state index contributed by atoms with van der Waals surface area (Å²) in [6.45, 7) is 0.696. The van der Waals surface area contributed by atoms with Gasteiger partial charge in [0.05, 0.1) is 23.3 Å². The number of amidine groups is 1. The molecule has 1 aliphatic rings. The zero-order valence-electron chi connectivity index (χ0n) is 8.86. The van der Waals surface area contributed by atoms with Crippen molar-refractivity contribution in [3.63, 3.8) is 0 Å². The molecule has 1 saturated carbocycles.